The normalized spacial score (nSPS) is 27.8. The summed E-state index contributed by atoms with van der Waals surface area (Å²) in [5.74, 6) is 2.29. The second-order valence-corrected chi connectivity index (χ2v) is 14.1. The van der Waals surface area contributed by atoms with Gasteiger partial charge in [0, 0.05) is 31.1 Å². The van der Waals surface area contributed by atoms with Gasteiger partial charge in [-0.05, 0) is 88.3 Å². The third kappa shape index (κ3) is 6.34. The van der Waals surface area contributed by atoms with E-state index in [-0.39, 0.29) is 17.6 Å². The van der Waals surface area contributed by atoms with Crippen LogP contribution in [0.25, 0.3) is 0 Å². The summed E-state index contributed by atoms with van der Waals surface area (Å²) in [4.78, 5) is 15.3. The molecule has 0 N–H and O–H groups in total. The molecule has 31 heavy (non-hydrogen) atoms. The molecule has 2 atom stereocenters. The highest BCUT2D eigenvalue weighted by molar-refractivity contribution is 7.92. The van der Waals surface area contributed by atoms with Gasteiger partial charge in [0.15, 0.2) is 9.84 Å². The second kappa shape index (κ2) is 9.64. The number of hydrogen-bond acceptors (Lipinski definition) is 4. The van der Waals surface area contributed by atoms with Crippen molar-refractivity contribution in [3.63, 3.8) is 0 Å². The number of hydrogen-bond donors (Lipinski definition) is 0. The molecule has 174 valence electrons. The maximum atomic E-state index is 12.9. The van der Waals surface area contributed by atoms with Crippen LogP contribution in [0.15, 0.2) is 24.3 Å². The molecule has 1 aliphatic carbocycles. The van der Waals surface area contributed by atoms with E-state index >= 15 is 0 Å². The Hall–Kier alpha value is -1.36. The van der Waals surface area contributed by atoms with E-state index in [1.165, 1.54) is 12.1 Å². The number of Topliss-reactive ketones (excluding diaryl/α,β-unsaturated/α-hetero) is 1. The molecule has 1 heterocycles. The molecule has 2 aliphatic rings. The van der Waals surface area contributed by atoms with Crippen LogP contribution in [0.2, 0.25) is 0 Å². The zero-order valence-corrected chi connectivity index (χ0v) is 20.9. The number of sulfone groups is 1. The summed E-state index contributed by atoms with van der Waals surface area (Å²) >= 11 is 0. The Morgan fingerprint density at radius 2 is 1.52 bits per heavy atom. The van der Waals surface area contributed by atoms with E-state index in [0.717, 1.165) is 56.2 Å². The Bertz CT molecular complexity index is 836. The minimum atomic E-state index is -3.09. The highest BCUT2D eigenvalue weighted by Crippen LogP contribution is 2.33. The second-order valence-electron chi connectivity index (χ2n) is 11.3. The summed E-state index contributed by atoms with van der Waals surface area (Å²) in [6, 6.07) is 8.56. The van der Waals surface area contributed by atoms with Crippen molar-refractivity contribution in [3.8, 4) is 0 Å². The molecule has 2 fully saturated rings. The number of nitrogens with zero attached hydrogens (tertiary/aromatic N) is 1. The van der Waals surface area contributed by atoms with Crippen LogP contribution in [-0.2, 0) is 21.1 Å². The van der Waals surface area contributed by atoms with Gasteiger partial charge in [-0.25, -0.2) is 8.42 Å². The monoisotopic (exact) mass is 447 g/mol. The van der Waals surface area contributed by atoms with Gasteiger partial charge in [-0.3, -0.25) is 4.79 Å². The van der Waals surface area contributed by atoms with Crippen LogP contribution in [0.5, 0.6) is 0 Å². The Kier molecular flexibility index (Phi) is 7.55. The van der Waals surface area contributed by atoms with E-state index < -0.39 is 14.6 Å². The van der Waals surface area contributed by atoms with E-state index in [1.807, 2.05) is 0 Å². The average Bonchev–Trinajstić information content (AvgIpc) is 2.67. The van der Waals surface area contributed by atoms with Crippen molar-refractivity contribution in [2.45, 2.75) is 77.9 Å². The van der Waals surface area contributed by atoms with Gasteiger partial charge in [0.25, 0.3) is 0 Å². The number of carbonyl (C=O) groups excluding carboxylic acids is 1. The molecule has 1 aromatic rings. The fourth-order valence-electron chi connectivity index (χ4n) is 5.26. The highest BCUT2D eigenvalue weighted by Gasteiger charge is 2.34. The molecule has 3 rings (SSSR count). The number of piperidine rings is 1. The third-order valence-electron chi connectivity index (χ3n) is 7.24. The summed E-state index contributed by atoms with van der Waals surface area (Å²) in [6.45, 7) is 12.2. The maximum Gasteiger partial charge on any atom is 0.155 e. The molecule has 1 saturated heterocycles. The minimum Gasteiger partial charge on any atom is -0.371 e. The fraction of sp³-hybridized carbons (Fsp3) is 0.731. The van der Waals surface area contributed by atoms with Crippen molar-refractivity contribution in [1.82, 2.24) is 0 Å². The quantitative estimate of drug-likeness (QED) is 0.594. The lowest BCUT2D eigenvalue weighted by molar-refractivity contribution is -0.123. The Morgan fingerprint density at radius 1 is 0.968 bits per heavy atom. The number of ketones is 1. The van der Waals surface area contributed by atoms with Gasteiger partial charge < -0.3 is 4.90 Å². The molecule has 1 aromatic carbocycles. The molecule has 1 aliphatic heterocycles. The SMILES string of the molecule is C[C@@H]1C[C@H](C)CN(c2ccc(CC(=O)C3CCC(CS(=O)(=O)C(C)(C)C)CC3)cc2)C1. The van der Waals surface area contributed by atoms with Crippen molar-refractivity contribution in [2.24, 2.45) is 23.7 Å². The van der Waals surface area contributed by atoms with Gasteiger partial charge >= 0.3 is 0 Å². The van der Waals surface area contributed by atoms with Crippen LogP contribution in [0, 0.1) is 23.7 Å². The highest BCUT2D eigenvalue weighted by atomic mass is 32.2. The third-order valence-corrected chi connectivity index (χ3v) is 10.0. The van der Waals surface area contributed by atoms with Gasteiger partial charge in [0.1, 0.15) is 5.78 Å². The Morgan fingerprint density at radius 3 is 2.03 bits per heavy atom. The molecule has 1 saturated carbocycles. The summed E-state index contributed by atoms with van der Waals surface area (Å²) < 4.78 is 24.3. The first-order valence-corrected chi connectivity index (χ1v) is 13.7. The predicted octanol–water partition coefficient (Wildman–Crippen LogP) is 5.30. The van der Waals surface area contributed by atoms with Crippen LogP contribution in [0.1, 0.15) is 72.3 Å². The van der Waals surface area contributed by atoms with Crippen molar-refractivity contribution >= 4 is 21.3 Å². The number of carbonyl (C=O) groups is 1. The summed E-state index contributed by atoms with van der Waals surface area (Å²) in [7, 11) is -3.09. The van der Waals surface area contributed by atoms with Crippen molar-refractivity contribution in [3.05, 3.63) is 29.8 Å². The lowest BCUT2D eigenvalue weighted by Gasteiger charge is -2.36. The smallest absolute Gasteiger partial charge is 0.155 e. The zero-order valence-electron chi connectivity index (χ0n) is 20.1. The van der Waals surface area contributed by atoms with Gasteiger partial charge in [-0.15, -0.1) is 0 Å². The van der Waals surface area contributed by atoms with Crippen molar-refractivity contribution in [2.75, 3.05) is 23.7 Å². The Labute approximate surface area is 189 Å². The van der Waals surface area contributed by atoms with Gasteiger partial charge in [-0.1, -0.05) is 26.0 Å². The summed E-state index contributed by atoms with van der Waals surface area (Å²) in [5, 5.41) is 0. The van der Waals surface area contributed by atoms with Crippen LogP contribution in [-0.4, -0.2) is 37.8 Å². The van der Waals surface area contributed by atoms with Crippen LogP contribution in [0.4, 0.5) is 5.69 Å². The van der Waals surface area contributed by atoms with Crippen LogP contribution >= 0.6 is 0 Å². The summed E-state index contributed by atoms with van der Waals surface area (Å²) in [5.41, 5.74) is 2.35. The molecule has 0 amide bonds. The van der Waals surface area contributed by atoms with Crippen LogP contribution < -0.4 is 4.90 Å². The first-order valence-electron chi connectivity index (χ1n) is 12.0. The number of benzene rings is 1. The van der Waals surface area contributed by atoms with Crippen molar-refractivity contribution < 1.29 is 13.2 Å². The molecule has 0 bridgehead atoms. The lowest BCUT2D eigenvalue weighted by Crippen LogP contribution is -2.38. The first-order chi connectivity index (χ1) is 14.4. The fourth-order valence-corrected chi connectivity index (χ4v) is 6.71. The Balaban J connectivity index is 1.50. The van der Waals surface area contributed by atoms with E-state index in [9.17, 15) is 13.2 Å². The lowest BCUT2D eigenvalue weighted by atomic mass is 9.79. The first kappa shape index (κ1) is 24.3. The minimum absolute atomic E-state index is 0.0806. The molecule has 0 radical (unpaired) electrons. The molecular weight excluding hydrogens is 406 g/mol. The largest absolute Gasteiger partial charge is 0.371 e. The molecule has 0 unspecified atom stereocenters. The predicted molar refractivity (Wildman–Crippen MR) is 129 cm³/mol. The number of anilines is 1. The molecular formula is C26H41NO3S. The maximum absolute atomic E-state index is 12.9. The summed E-state index contributed by atoms with van der Waals surface area (Å²) in [6.07, 6.45) is 5.12. The standard InChI is InChI=1S/C26H41NO3S/c1-19-14-20(2)17-27(16-19)24-12-8-21(9-13-24)15-25(28)23-10-6-22(7-11-23)18-31(29,30)26(3,4)5/h8-9,12-13,19-20,22-23H,6-7,10-11,14-18H2,1-5H3/t19-,20+,22?,23?. The van der Waals surface area contributed by atoms with Crippen LogP contribution in [0.3, 0.4) is 0 Å². The van der Waals surface area contributed by atoms with Gasteiger partial charge in [-0.2, -0.15) is 0 Å². The van der Waals surface area contributed by atoms with E-state index in [4.69, 9.17) is 0 Å². The molecule has 0 aromatic heterocycles. The zero-order chi connectivity index (χ0) is 22.8. The van der Waals surface area contributed by atoms with Gasteiger partial charge in [0.2, 0.25) is 0 Å². The molecule has 4 nitrogen and oxygen atoms in total. The van der Waals surface area contributed by atoms with Gasteiger partial charge in [0.05, 0.1) is 10.5 Å². The molecule has 0 spiro atoms. The average molecular weight is 448 g/mol. The van der Waals surface area contributed by atoms with E-state index in [0.29, 0.717) is 12.2 Å². The van der Waals surface area contributed by atoms with E-state index in [2.05, 4.69) is 43.0 Å². The van der Waals surface area contributed by atoms with E-state index in [1.54, 1.807) is 20.8 Å². The number of rotatable bonds is 6. The van der Waals surface area contributed by atoms with Crippen molar-refractivity contribution in [1.29, 1.82) is 0 Å². The topological polar surface area (TPSA) is 54.5 Å². The molecule has 5 heteroatoms.